The van der Waals surface area contributed by atoms with Crippen LogP contribution in [0.4, 0.5) is 0 Å². The average molecular weight is 322 g/mol. The molecule has 124 valence electrons. The number of benzene rings is 2. The van der Waals surface area contributed by atoms with Crippen molar-refractivity contribution in [1.29, 1.82) is 0 Å². The van der Waals surface area contributed by atoms with Gasteiger partial charge in [-0.05, 0) is 54.0 Å². The van der Waals surface area contributed by atoms with Crippen LogP contribution in [0.15, 0.2) is 60.7 Å². The molecule has 0 aromatic heterocycles. The molecule has 0 aliphatic heterocycles. The quantitative estimate of drug-likeness (QED) is 0.557. The van der Waals surface area contributed by atoms with Gasteiger partial charge in [0, 0.05) is 0 Å². The first kappa shape index (κ1) is 17.5. The predicted octanol–water partition coefficient (Wildman–Crippen LogP) is 4.87. The van der Waals surface area contributed by atoms with Crippen molar-refractivity contribution in [3.8, 4) is 11.5 Å². The minimum absolute atomic E-state index is 0.115. The number of phenolic OH excluding ortho intramolecular Hbond substituents is 1. The summed E-state index contributed by atoms with van der Waals surface area (Å²) < 4.78 is 5.65. The smallest absolute Gasteiger partial charge is 0.178 e. The molecule has 24 heavy (non-hydrogen) atoms. The number of carbonyl (C=O) groups is 1. The van der Waals surface area contributed by atoms with Gasteiger partial charge in [0.15, 0.2) is 5.78 Å². The number of phenols is 1. The van der Waals surface area contributed by atoms with E-state index in [1.807, 2.05) is 30.3 Å². The zero-order valence-corrected chi connectivity index (χ0v) is 13.8. The molecular weight excluding hydrogens is 300 g/mol. The van der Waals surface area contributed by atoms with Gasteiger partial charge in [0.05, 0.1) is 6.61 Å². The Morgan fingerprint density at radius 2 is 1.71 bits per heavy atom. The number of rotatable bonds is 8. The van der Waals surface area contributed by atoms with E-state index in [0.29, 0.717) is 6.61 Å². The molecule has 0 heterocycles. The van der Waals surface area contributed by atoms with Crippen molar-refractivity contribution in [1.82, 2.24) is 0 Å². The molecule has 0 amide bonds. The number of carbonyl (C=O) groups excluding carboxylic acids is 1. The second kappa shape index (κ2) is 9.36. The molecule has 0 saturated heterocycles. The zero-order valence-electron chi connectivity index (χ0n) is 13.8. The minimum Gasteiger partial charge on any atom is -0.508 e. The molecule has 0 aliphatic carbocycles. The first-order valence-corrected chi connectivity index (χ1v) is 8.09. The van der Waals surface area contributed by atoms with Gasteiger partial charge in [-0.25, -0.2) is 0 Å². The lowest BCUT2D eigenvalue weighted by Gasteiger charge is -2.05. The van der Waals surface area contributed by atoms with Crippen molar-refractivity contribution in [3.05, 3.63) is 71.8 Å². The highest BCUT2D eigenvalue weighted by atomic mass is 16.5. The number of aromatic hydroxyl groups is 1. The van der Waals surface area contributed by atoms with Crippen molar-refractivity contribution in [2.45, 2.75) is 19.8 Å². The van der Waals surface area contributed by atoms with Gasteiger partial charge in [-0.1, -0.05) is 49.8 Å². The van der Waals surface area contributed by atoms with E-state index in [1.165, 1.54) is 12.2 Å². The maximum atomic E-state index is 11.9. The van der Waals surface area contributed by atoms with Gasteiger partial charge in [0.2, 0.25) is 0 Å². The topological polar surface area (TPSA) is 46.5 Å². The molecule has 0 unspecified atom stereocenters. The van der Waals surface area contributed by atoms with Gasteiger partial charge in [-0.15, -0.1) is 0 Å². The number of unbranched alkanes of at least 4 members (excludes halogenated alkanes) is 1. The van der Waals surface area contributed by atoms with Gasteiger partial charge in [0.1, 0.15) is 11.5 Å². The van der Waals surface area contributed by atoms with Gasteiger partial charge < -0.3 is 9.84 Å². The number of ketones is 1. The molecule has 3 heteroatoms. The largest absolute Gasteiger partial charge is 0.508 e. The summed E-state index contributed by atoms with van der Waals surface area (Å²) in [5.74, 6) is 0.879. The zero-order chi connectivity index (χ0) is 17.2. The van der Waals surface area contributed by atoms with Crippen LogP contribution in [-0.4, -0.2) is 17.5 Å². The molecule has 0 aliphatic rings. The van der Waals surface area contributed by atoms with Crippen molar-refractivity contribution < 1.29 is 14.6 Å². The fourth-order valence-corrected chi connectivity index (χ4v) is 2.08. The Labute approximate surface area is 142 Å². The van der Waals surface area contributed by atoms with Crippen LogP contribution in [-0.2, 0) is 4.79 Å². The van der Waals surface area contributed by atoms with Crippen molar-refractivity contribution in [2.24, 2.45) is 0 Å². The molecule has 0 spiro atoms. The van der Waals surface area contributed by atoms with E-state index in [2.05, 4.69) is 6.92 Å². The predicted molar refractivity (Wildman–Crippen MR) is 98.0 cm³/mol. The molecule has 0 fully saturated rings. The van der Waals surface area contributed by atoms with E-state index in [-0.39, 0.29) is 11.5 Å². The van der Waals surface area contributed by atoms with E-state index < -0.39 is 0 Å². The molecule has 0 bridgehead atoms. The van der Waals surface area contributed by atoms with E-state index in [1.54, 1.807) is 30.4 Å². The summed E-state index contributed by atoms with van der Waals surface area (Å²) in [6.07, 6.45) is 8.56. The van der Waals surface area contributed by atoms with Crippen LogP contribution in [0.5, 0.6) is 11.5 Å². The Kier molecular flexibility index (Phi) is 6.84. The maximum absolute atomic E-state index is 11.9. The van der Waals surface area contributed by atoms with Crippen molar-refractivity contribution in [2.75, 3.05) is 6.61 Å². The lowest BCUT2D eigenvalue weighted by Crippen LogP contribution is -1.96. The monoisotopic (exact) mass is 322 g/mol. The van der Waals surface area contributed by atoms with Crippen molar-refractivity contribution >= 4 is 17.9 Å². The molecule has 0 atom stereocenters. The lowest BCUT2D eigenvalue weighted by molar-refractivity contribution is -0.110. The van der Waals surface area contributed by atoms with Gasteiger partial charge in [-0.3, -0.25) is 4.79 Å². The fourth-order valence-electron chi connectivity index (χ4n) is 2.08. The van der Waals surface area contributed by atoms with Crippen LogP contribution >= 0.6 is 0 Å². The van der Waals surface area contributed by atoms with Crippen LogP contribution in [0.1, 0.15) is 30.9 Å². The second-order valence-corrected chi connectivity index (χ2v) is 5.44. The molecule has 2 aromatic rings. The highest BCUT2D eigenvalue weighted by Crippen LogP contribution is 2.15. The summed E-state index contributed by atoms with van der Waals surface area (Å²) >= 11 is 0. The highest BCUT2D eigenvalue weighted by molar-refractivity contribution is 6.04. The Morgan fingerprint density at radius 3 is 2.38 bits per heavy atom. The summed E-state index contributed by atoms with van der Waals surface area (Å²) in [5.41, 5.74) is 1.70. The Bertz CT molecular complexity index is 729. The Balaban J connectivity index is 1.94. The summed E-state index contributed by atoms with van der Waals surface area (Å²) in [6, 6.07) is 14.4. The number of allylic oxidation sites excluding steroid dienone is 2. The van der Waals surface area contributed by atoms with E-state index in [0.717, 1.165) is 29.7 Å². The third kappa shape index (κ3) is 6.13. The Morgan fingerprint density at radius 1 is 1.04 bits per heavy atom. The standard InChI is InChI=1S/C21H22O3/c1-2-3-14-24-21-9-5-7-18(16-21)11-13-19(22)12-10-17-6-4-8-20(23)15-17/h4-13,15-16,23H,2-3,14H2,1H3/b12-10+,13-11+. The second-order valence-electron chi connectivity index (χ2n) is 5.44. The maximum Gasteiger partial charge on any atom is 0.178 e. The van der Waals surface area contributed by atoms with E-state index in [4.69, 9.17) is 4.74 Å². The van der Waals surface area contributed by atoms with Gasteiger partial charge in [0.25, 0.3) is 0 Å². The lowest BCUT2D eigenvalue weighted by atomic mass is 10.1. The number of hydrogen-bond acceptors (Lipinski definition) is 3. The van der Waals surface area contributed by atoms with Gasteiger partial charge in [-0.2, -0.15) is 0 Å². The summed E-state index contributed by atoms with van der Waals surface area (Å²) in [5, 5.41) is 9.39. The van der Waals surface area contributed by atoms with Gasteiger partial charge >= 0.3 is 0 Å². The van der Waals surface area contributed by atoms with Crippen LogP contribution in [0.25, 0.3) is 12.2 Å². The van der Waals surface area contributed by atoms with E-state index >= 15 is 0 Å². The number of hydrogen-bond donors (Lipinski definition) is 1. The summed E-state index contributed by atoms with van der Waals surface area (Å²) in [4.78, 5) is 11.9. The third-order valence-electron chi connectivity index (χ3n) is 3.38. The fraction of sp³-hybridized carbons (Fsp3) is 0.190. The summed E-state index contributed by atoms with van der Waals surface area (Å²) in [6.45, 7) is 2.83. The van der Waals surface area contributed by atoms with Crippen LogP contribution in [0, 0.1) is 0 Å². The molecule has 3 nitrogen and oxygen atoms in total. The first-order chi connectivity index (χ1) is 11.7. The van der Waals surface area contributed by atoms with E-state index in [9.17, 15) is 9.90 Å². The molecule has 2 aromatic carbocycles. The molecule has 0 radical (unpaired) electrons. The number of ether oxygens (including phenoxy) is 1. The molecular formula is C21H22O3. The minimum atomic E-state index is -0.115. The highest BCUT2D eigenvalue weighted by Gasteiger charge is 1.96. The van der Waals surface area contributed by atoms with Crippen LogP contribution in [0.3, 0.4) is 0 Å². The van der Waals surface area contributed by atoms with Crippen LogP contribution < -0.4 is 4.74 Å². The average Bonchev–Trinajstić information content (AvgIpc) is 2.59. The summed E-state index contributed by atoms with van der Waals surface area (Å²) in [7, 11) is 0. The molecule has 2 rings (SSSR count). The van der Waals surface area contributed by atoms with Crippen LogP contribution in [0.2, 0.25) is 0 Å². The third-order valence-corrected chi connectivity index (χ3v) is 3.38. The Hall–Kier alpha value is -2.81. The first-order valence-electron chi connectivity index (χ1n) is 8.09. The normalized spacial score (nSPS) is 11.2. The molecule has 0 saturated carbocycles. The molecule has 1 N–H and O–H groups in total. The van der Waals surface area contributed by atoms with Crippen molar-refractivity contribution in [3.63, 3.8) is 0 Å². The SMILES string of the molecule is CCCCOc1cccc(/C=C/C(=O)/C=C/c2cccc(O)c2)c1.